The molecule has 0 aliphatic heterocycles. The van der Waals surface area contributed by atoms with E-state index >= 15 is 0 Å². The highest BCUT2D eigenvalue weighted by Gasteiger charge is 2.19. The summed E-state index contributed by atoms with van der Waals surface area (Å²) in [4.78, 5) is 18.9. The molecule has 2 aromatic rings. The van der Waals surface area contributed by atoms with Crippen LogP contribution in [0.2, 0.25) is 5.02 Å². The van der Waals surface area contributed by atoms with Gasteiger partial charge in [0.05, 0.1) is 10.7 Å². The number of carboxylic acids is 1. The average Bonchev–Trinajstić information content (AvgIpc) is 2.77. The number of carbonyl (C=O) groups is 1. The van der Waals surface area contributed by atoms with E-state index in [0.717, 1.165) is 0 Å². The van der Waals surface area contributed by atoms with Gasteiger partial charge in [0.15, 0.2) is 0 Å². The van der Waals surface area contributed by atoms with Gasteiger partial charge in [0.25, 0.3) is 0 Å². The number of aliphatic carboxylic acids is 1. The van der Waals surface area contributed by atoms with Crippen molar-refractivity contribution in [3.05, 3.63) is 34.4 Å². The quantitative estimate of drug-likeness (QED) is 0.889. The summed E-state index contributed by atoms with van der Waals surface area (Å²) in [6.07, 6.45) is 1.60. The standard InChI is InChI=1S/C10H8ClN3O2S/c11-5-2-1-3-13-8(5)9-14-6(4-17-9)7(12)10(15)16/h1-4,7H,12H2,(H,15,16). The Morgan fingerprint density at radius 2 is 2.35 bits per heavy atom. The van der Waals surface area contributed by atoms with Crippen molar-refractivity contribution in [1.29, 1.82) is 0 Å². The van der Waals surface area contributed by atoms with Crippen molar-refractivity contribution in [2.45, 2.75) is 6.04 Å². The second-order valence-electron chi connectivity index (χ2n) is 3.23. The molecule has 1 atom stereocenters. The number of aromatic nitrogens is 2. The molecule has 1 unspecified atom stereocenters. The van der Waals surface area contributed by atoms with E-state index < -0.39 is 12.0 Å². The minimum atomic E-state index is -1.12. The highest BCUT2D eigenvalue weighted by molar-refractivity contribution is 7.13. The number of hydrogen-bond acceptors (Lipinski definition) is 5. The molecule has 0 aromatic carbocycles. The van der Waals surface area contributed by atoms with Crippen LogP contribution < -0.4 is 5.73 Å². The number of carboxylic acid groups (broad SMARTS) is 1. The summed E-state index contributed by atoms with van der Waals surface area (Å²) >= 11 is 7.23. The Morgan fingerprint density at radius 1 is 1.59 bits per heavy atom. The number of nitrogens with two attached hydrogens (primary N) is 1. The van der Waals surface area contributed by atoms with Crippen molar-refractivity contribution < 1.29 is 9.90 Å². The van der Waals surface area contributed by atoms with Gasteiger partial charge in [0, 0.05) is 11.6 Å². The van der Waals surface area contributed by atoms with Gasteiger partial charge in [-0.15, -0.1) is 11.3 Å². The molecule has 0 saturated heterocycles. The zero-order chi connectivity index (χ0) is 12.4. The zero-order valence-electron chi connectivity index (χ0n) is 8.50. The van der Waals surface area contributed by atoms with Crippen molar-refractivity contribution >= 4 is 28.9 Å². The minimum absolute atomic E-state index is 0.305. The predicted molar refractivity (Wildman–Crippen MR) is 64.9 cm³/mol. The summed E-state index contributed by atoms with van der Waals surface area (Å²) in [6, 6.07) is 2.29. The minimum Gasteiger partial charge on any atom is -0.480 e. The molecule has 5 nitrogen and oxygen atoms in total. The second kappa shape index (κ2) is 4.79. The van der Waals surface area contributed by atoms with E-state index in [1.807, 2.05) is 0 Å². The maximum atomic E-state index is 10.7. The number of halogens is 1. The molecular formula is C10H8ClN3O2S. The van der Waals surface area contributed by atoms with E-state index in [2.05, 4.69) is 9.97 Å². The molecule has 0 spiro atoms. The Balaban J connectivity index is 2.37. The number of thiazole rings is 1. The van der Waals surface area contributed by atoms with Gasteiger partial charge in [0.2, 0.25) is 0 Å². The van der Waals surface area contributed by atoms with E-state index in [9.17, 15) is 4.79 Å². The summed E-state index contributed by atoms with van der Waals surface area (Å²) < 4.78 is 0. The number of rotatable bonds is 3. The predicted octanol–water partition coefficient (Wildman–Crippen LogP) is 1.94. The Morgan fingerprint density at radius 3 is 3.00 bits per heavy atom. The van der Waals surface area contributed by atoms with Crippen LogP contribution in [0.4, 0.5) is 0 Å². The zero-order valence-corrected chi connectivity index (χ0v) is 10.1. The molecule has 0 radical (unpaired) electrons. The first kappa shape index (κ1) is 12.0. The van der Waals surface area contributed by atoms with Crippen LogP contribution >= 0.6 is 22.9 Å². The topological polar surface area (TPSA) is 89.1 Å². The lowest BCUT2D eigenvalue weighted by atomic mass is 10.2. The first-order valence-corrected chi connectivity index (χ1v) is 5.90. The van der Waals surface area contributed by atoms with Crippen LogP contribution in [0.5, 0.6) is 0 Å². The van der Waals surface area contributed by atoms with Gasteiger partial charge in [-0.3, -0.25) is 9.78 Å². The third kappa shape index (κ3) is 2.44. The van der Waals surface area contributed by atoms with Gasteiger partial charge < -0.3 is 10.8 Å². The van der Waals surface area contributed by atoms with Crippen LogP contribution in [-0.2, 0) is 4.79 Å². The summed E-state index contributed by atoms with van der Waals surface area (Å²) in [5.74, 6) is -1.12. The fourth-order valence-corrected chi connectivity index (χ4v) is 2.34. The van der Waals surface area contributed by atoms with E-state index in [1.165, 1.54) is 11.3 Å². The first-order valence-electron chi connectivity index (χ1n) is 4.64. The summed E-state index contributed by atoms with van der Waals surface area (Å²) in [6.45, 7) is 0. The molecule has 3 N–H and O–H groups in total. The third-order valence-corrected chi connectivity index (χ3v) is 3.24. The van der Waals surface area contributed by atoms with Gasteiger partial charge in [-0.2, -0.15) is 0 Å². The molecule has 0 aliphatic rings. The van der Waals surface area contributed by atoms with Crippen molar-refractivity contribution in [2.75, 3.05) is 0 Å². The first-order chi connectivity index (χ1) is 8.09. The average molecular weight is 270 g/mol. The molecule has 0 saturated carbocycles. The molecule has 2 rings (SSSR count). The smallest absolute Gasteiger partial charge is 0.326 e. The van der Waals surface area contributed by atoms with Gasteiger partial charge in [-0.1, -0.05) is 11.6 Å². The molecule has 0 aliphatic carbocycles. The summed E-state index contributed by atoms with van der Waals surface area (Å²) in [7, 11) is 0. The van der Waals surface area contributed by atoms with Gasteiger partial charge in [0.1, 0.15) is 16.7 Å². The fraction of sp³-hybridized carbons (Fsp3) is 0.100. The van der Waals surface area contributed by atoms with E-state index in [1.54, 1.807) is 23.7 Å². The van der Waals surface area contributed by atoms with Crippen molar-refractivity contribution in [2.24, 2.45) is 5.73 Å². The van der Waals surface area contributed by atoms with Gasteiger partial charge >= 0.3 is 5.97 Å². The van der Waals surface area contributed by atoms with Crippen LogP contribution in [-0.4, -0.2) is 21.0 Å². The van der Waals surface area contributed by atoms with Crippen molar-refractivity contribution in [1.82, 2.24) is 9.97 Å². The number of pyridine rings is 1. The monoisotopic (exact) mass is 269 g/mol. The molecule has 0 bridgehead atoms. The SMILES string of the molecule is NC(C(=O)O)c1csc(-c2ncccc2Cl)n1. The molecule has 0 amide bonds. The van der Waals surface area contributed by atoms with Crippen LogP contribution in [0.3, 0.4) is 0 Å². The van der Waals surface area contributed by atoms with E-state index in [4.69, 9.17) is 22.4 Å². The highest BCUT2D eigenvalue weighted by atomic mass is 35.5. The highest BCUT2D eigenvalue weighted by Crippen LogP contribution is 2.29. The molecule has 2 aromatic heterocycles. The van der Waals surface area contributed by atoms with Gasteiger partial charge in [-0.25, -0.2) is 4.98 Å². The Hall–Kier alpha value is -1.50. The Labute approximate surface area is 106 Å². The molecular weight excluding hydrogens is 262 g/mol. The van der Waals surface area contributed by atoms with Gasteiger partial charge in [-0.05, 0) is 12.1 Å². The fourth-order valence-electron chi connectivity index (χ4n) is 1.21. The third-order valence-electron chi connectivity index (χ3n) is 2.07. The number of nitrogens with zero attached hydrogens (tertiary/aromatic N) is 2. The molecule has 2 heterocycles. The van der Waals surface area contributed by atoms with E-state index in [0.29, 0.717) is 21.4 Å². The normalized spacial score (nSPS) is 12.4. The van der Waals surface area contributed by atoms with E-state index in [-0.39, 0.29) is 0 Å². The molecule has 0 fully saturated rings. The van der Waals surface area contributed by atoms with Crippen LogP contribution in [0.15, 0.2) is 23.7 Å². The summed E-state index contributed by atoms with van der Waals surface area (Å²) in [5.41, 5.74) is 6.29. The lowest BCUT2D eigenvalue weighted by molar-refractivity contribution is -0.138. The largest absolute Gasteiger partial charge is 0.480 e. The lowest BCUT2D eigenvalue weighted by Crippen LogP contribution is -2.20. The maximum Gasteiger partial charge on any atom is 0.326 e. The van der Waals surface area contributed by atoms with Crippen molar-refractivity contribution in [3.63, 3.8) is 0 Å². The van der Waals surface area contributed by atoms with Crippen LogP contribution in [0.1, 0.15) is 11.7 Å². The maximum absolute atomic E-state index is 10.7. The van der Waals surface area contributed by atoms with Crippen LogP contribution in [0, 0.1) is 0 Å². The van der Waals surface area contributed by atoms with Crippen LogP contribution in [0.25, 0.3) is 10.7 Å². The lowest BCUT2D eigenvalue weighted by Gasteiger charge is -2.01. The number of hydrogen-bond donors (Lipinski definition) is 2. The summed E-state index contributed by atoms with van der Waals surface area (Å²) in [5, 5.41) is 11.4. The molecule has 17 heavy (non-hydrogen) atoms. The second-order valence-corrected chi connectivity index (χ2v) is 4.49. The molecule has 7 heteroatoms. The van der Waals surface area contributed by atoms with Crippen molar-refractivity contribution in [3.8, 4) is 10.7 Å². The Bertz CT molecular complexity index is 558. The molecule has 88 valence electrons. The Kier molecular flexibility index (Phi) is 3.37.